The summed E-state index contributed by atoms with van der Waals surface area (Å²) in [5.74, 6) is -0.563. The Morgan fingerprint density at radius 2 is 2.18 bits per heavy atom. The van der Waals surface area contributed by atoms with Crippen LogP contribution >= 0.6 is 15.9 Å². The zero-order valence-electron chi connectivity index (χ0n) is 12.2. The summed E-state index contributed by atoms with van der Waals surface area (Å²) in [7, 11) is 0. The monoisotopic (exact) mass is 381 g/mol. The van der Waals surface area contributed by atoms with Gasteiger partial charge in [0.1, 0.15) is 5.75 Å². The lowest BCUT2D eigenvalue weighted by Gasteiger charge is -2.38. The Morgan fingerprint density at radius 1 is 1.45 bits per heavy atom. The fraction of sp³-hybridized carbons (Fsp3) is 0.600. The maximum Gasteiger partial charge on any atom is 0.419 e. The SMILES string of the molecule is CC1(O)CCNCC1c1ccc(OCCBr)c(C(F)(F)F)c1. The van der Waals surface area contributed by atoms with Crippen molar-refractivity contribution in [3.05, 3.63) is 29.3 Å². The summed E-state index contributed by atoms with van der Waals surface area (Å²) >= 11 is 3.13. The second-order valence-electron chi connectivity index (χ2n) is 5.65. The molecule has 7 heteroatoms. The Bertz CT molecular complexity index is 520. The fourth-order valence-corrected chi connectivity index (χ4v) is 2.88. The largest absolute Gasteiger partial charge is 0.492 e. The molecule has 0 aromatic heterocycles. The van der Waals surface area contributed by atoms with Crippen LogP contribution in [-0.2, 0) is 6.18 Å². The van der Waals surface area contributed by atoms with Crippen LogP contribution in [0.1, 0.15) is 30.4 Å². The normalized spacial score (nSPS) is 26.0. The molecule has 22 heavy (non-hydrogen) atoms. The molecule has 1 saturated heterocycles. The number of benzene rings is 1. The molecule has 0 amide bonds. The Labute approximate surface area is 136 Å². The minimum absolute atomic E-state index is 0.158. The maximum atomic E-state index is 13.2. The van der Waals surface area contributed by atoms with Gasteiger partial charge in [0.25, 0.3) is 0 Å². The first kappa shape index (κ1) is 17.6. The zero-order valence-corrected chi connectivity index (χ0v) is 13.8. The molecule has 124 valence electrons. The predicted octanol–water partition coefficient (Wildman–Crippen LogP) is 3.31. The number of piperidine rings is 1. The third kappa shape index (κ3) is 3.94. The first-order valence-electron chi connectivity index (χ1n) is 7.08. The van der Waals surface area contributed by atoms with Gasteiger partial charge in [-0.1, -0.05) is 22.0 Å². The van der Waals surface area contributed by atoms with Crippen molar-refractivity contribution in [1.29, 1.82) is 0 Å². The Morgan fingerprint density at radius 3 is 2.77 bits per heavy atom. The van der Waals surface area contributed by atoms with Crippen molar-refractivity contribution >= 4 is 15.9 Å². The van der Waals surface area contributed by atoms with Crippen LogP contribution in [0.5, 0.6) is 5.75 Å². The van der Waals surface area contributed by atoms with E-state index in [4.69, 9.17) is 4.74 Å². The summed E-state index contributed by atoms with van der Waals surface area (Å²) in [5, 5.41) is 14.0. The average molecular weight is 382 g/mol. The molecule has 2 unspecified atom stereocenters. The second-order valence-corrected chi connectivity index (χ2v) is 6.45. The molecule has 1 aliphatic rings. The van der Waals surface area contributed by atoms with Crippen LogP contribution in [0.25, 0.3) is 0 Å². The van der Waals surface area contributed by atoms with Crippen LogP contribution < -0.4 is 10.1 Å². The van der Waals surface area contributed by atoms with Crippen molar-refractivity contribution in [2.75, 3.05) is 25.0 Å². The van der Waals surface area contributed by atoms with Gasteiger partial charge in [-0.3, -0.25) is 0 Å². The molecule has 1 aromatic rings. The Hall–Kier alpha value is -0.790. The molecular formula is C15H19BrF3NO2. The van der Waals surface area contributed by atoms with Gasteiger partial charge in [0, 0.05) is 17.8 Å². The van der Waals surface area contributed by atoms with E-state index in [1.54, 1.807) is 13.0 Å². The van der Waals surface area contributed by atoms with E-state index in [2.05, 4.69) is 21.2 Å². The molecule has 2 N–H and O–H groups in total. The van der Waals surface area contributed by atoms with Crippen LogP contribution in [0.2, 0.25) is 0 Å². The van der Waals surface area contributed by atoms with E-state index in [1.165, 1.54) is 6.07 Å². The third-order valence-corrected chi connectivity index (χ3v) is 4.28. The number of hydrogen-bond acceptors (Lipinski definition) is 3. The van der Waals surface area contributed by atoms with Gasteiger partial charge in [0.15, 0.2) is 0 Å². The Kier molecular flexibility index (Phi) is 5.40. The van der Waals surface area contributed by atoms with E-state index in [-0.39, 0.29) is 18.3 Å². The highest BCUT2D eigenvalue weighted by atomic mass is 79.9. The molecule has 0 spiro atoms. The van der Waals surface area contributed by atoms with Crippen LogP contribution in [-0.4, -0.2) is 35.7 Å². The number of ether oxygens (including phenoxy) is 1. The van der Waals surface area contributed by atoms with E-state index < -0.39 is 17.3 Å². The highest BCUT2D eigenvalue weighted by molar-refractivity contribution is 9.09. The molecule has 1 aliphatic heterocycles. The lowest BCUT2D eigenvalue weighted by molar-refractivity contribution is -0.139. The van der Waals surface area contributed by atoms with Crippen molar-refractivity contribution in [2.45, 2.75) is 31.0 Å². The highest BCUT2D eigenvalue weighted by Crippen LogP contribution is 2.40. The molecule has 0 radical (unpaired) electrons. The topological polar surface area (TPSA) is 41.5 Å². The Balaban J connectivity index is 2.37. The van der Waals surface area contributed by atoms with Gasteiger partial charge in [-0.25, -0.2) is 0 Å². The van der Waals surface area contributed by atoms with Crippen LogP contribution in [0.3, 0.4) is 0 Å². The second kappa shape index (κ2) is 6.76. The van der Waals surface area contributed by atoms with Gasteiger partial charge in [0.2, 0.25) is 0 Å². The van der Waals surface area contributed by atoms with E-state index in [9.17, 15) is 18.3 Å². The molecular weight excluding hydrogens is 363 g/mol. The molecule has 3 nitrogen and oxygen atoms in total. The van der Waals surface area contributed by atoms with E-state index >= 15 is 0 Å². The minimum atomic E-state index is -4.49. The van der Waals surface area contributed by atoms with E-state index in [0.717, 1.165) is 6.07 Å². The van der Waals surface area contributed by atoms with Gasteiger partial charge in [-0.05, 0) is 37.6 Å². The molecule has 0 bridgehead atoms. The quantitative estimate of drug-likeness (QED) is 0.786. The summed E-state index contributed by atoms with van der Waals surface area (Å²) in [5.41, 5.74) is -1.35. The number of rotatable bonds is 4. The molecule has 2 atom stereocenters. The van der Waals surface area contributed by atoms with E-state index in [1.807, 2.05) is 0 Å². The summed E-state index contributed by atoms with van der Waals surface area (Å²) in [6, 6.07) is 4.03. The molecule has 1 heterocycles. The fourth-order valence-electron chi connectivity index (χ4n) is 2.72. The molecule has 1 fully saturated rings. The van der Waals surface area contributed by atoms with Gasteiger partial charge in [-0.2, -0.15) is 13.2 Å². The van der Waals surface area contributed by atoms with Gasteiger partial charge >= 0.3 is 6.18 Å². The average Bonchev–Trinajstić information content (AvgIpc) is 2.43. The molecule has 0 aliphatic carbocycles. The maximum absolute atomic E-state index is 13.2. The van der Waals surface area contributed by atoms with Crippen LogP contribution in [0.4, 0.5) is 13.2 Å². The van der Waals surface area contributed by atoms with Crippen LogP contribution in [0, 0.1) is 0 Å². The van der Waals surface area contributed by atoms with Crippen molar-refractivity contribution in [3.8, 4) is 5.75 Å². The number of hydrogen-bond donors (Lipinski definition) is 2. The number of aliphatic hydroxyl groups is 1. The lowest BCUT2D eigenvalue weighted by atomic mass is 9.78. The standard InChI is InChI=1S/C15H19BrF3NO2/c1-14(21)4-6-20-9-12(14)10-2-3-13(22-7-5-16)11(8-10)15(17,18)19/h2-3,8,12,20-21H,4-7,9H2,1H3. The number of alkyl halides is 4. The lowest BCUT2D eigenvalue weighted by Crippen LogP contribution is -2.46. The van der Waals surface area contributed by atoms with Crippen molar-refractivity contribution in [1.82, 2.24) is 5.32 Å². The highest BCUT2D eigenvalue weighted by Gasteiger charge is 2.39. The van der Waals surface area contributed by atoms with Gasteiger partial charge in [-0.15, -0.1) is 0 Å². The van der Waals surface area contributed by atoms with Gasteiger partial charge in [0.05, 0.1) is 17.8 Å². The predicted molar refractivity (Wildman–Crippen MR) is 81.6 cm³/mol. The summed E-state index contributed by atoms with van der Waals surface area (Å²) in [4.78, 5) is 0. The molecule has 0 saturated carbocycles. The summed E-state index contributed by atoms with van der Waals surface area (Å²) in [6.07, 6.45) is -3.99. The first-order valence-corrected chi connectivity index (χ1v) is 8.21. The number of nitrogens with one attached hydrogen (secondary N) is 1. The summed E-state index contributed by atoms with van der Waals surface area (Å²) in [6.45, 7) is 2.93. The van der Waals surface area contributed by atoms with Crippen molar-refractivity contribution in [3.63, 3.8) is 0 Å². The van der Waals surface area contributed by atoms with E-state index in [0.29, 0.717) is 30.4 Å². The smallest absolute Gasteiger partial charge is 0.419 e. The zero-order chi connectivity index (χ0) is 16.4. The minimum Gasteiger partial charge on any atom is -0.492 e. The van der Waals surface area contributed by atoms with Gasteiger partial charge < -0.3 is 15.2 Å². The van der Waals surface area contributed by atoms with Crippen molar-refractivity contribution in [2.24, 2.45) is 0 Å². The molecule has 2 rings (SSSR count). The summed E-state index contributed by atoms with van der Waals surface area (Å²) < 4.78 is 44.9. The molecule has 1 aromatic carbocycles. The third-order valence-electron chi connectivity index (χ3n) is 3.95. The first-order chi connectivity index (χ1) is 10.3. The van der Waals surface area contributed by atoms with Crippen LogP contribution in [0.15, 0.2) is 18.2 Å². The number of halogens is 4. The van der Waals surface area contributed by atoms with Crippen molar-refractivity contribution < 1.29 is 23.0 Å².